The second-order valence-electron chi connectivity index (χ2n) is 5.36. The molecule has 2 heterocycles. The Balaban J connectivity index is 1.49. The molecule has 118 valence electrons. The zero-order valence-corrected chi connectivity index (χ0v) is 13.0. The minimum Gasteiger partial charge on any atom is -0.423 e. The Morgan fingerprint density at radius 3 is 2.38 bits per heavy atom. The van der Waals surface area contributed by atoms with Crippen LogP contribution in [0.3, 0.4) is 0 Å². The van der Waals surface area contributed by atoms with Gasteiger partial charge in [-0.2, -0.15) is 4.98 Å². The number of oxazole rings is 1. The van der Waals surface area contributed by atoms with Crippen LogP contribution in [-0.4, -0.2) is 15.0 Å². The molecule has 0 bridgehead atoms. The van der Waals surface area contributed by atoms with Gasteiger partial charge < -0.3 is 15.1 Å². The van der Waals surface area contributed by atoms with Crippen molar-refractivity contribution in [3.05, 3.63) is 66.6 Å². The number of nitrogens with one attached hydrogen (secondary N) is 2. The average Bonchev–Trinajstić information content (AvgIpc) is 2.99. The fraction of sp³-hybridized carbons (Fsp3) is 0.0556. The van der Waals surface area contributed by atoms with Gasteiger partial charge in [0, 0.05) is 23.1 Å². The van der Waals surface area contributed by atoms with Crippen molar-refractivity contribution in [2.24, 2.45) is 0 Å². The van der Waals surface area contributed by atoms with E-state index >= 15 is 0 Å². The summed E-state index contributed by atoms with van der Waals surface area (Å²) in [5.41, 5.74) is 4.35. The molecule has 0 amide bonds. The summed E-state index contributed by atoms with van der Waals surface area (Å²) in [5, 5.41) is 6.40. The summed E-state index contributed by atoms with van der Waals surface area (Å²) < 4.78 is 5.66. The van der Waals surface area contributed by atoms with Crippen molar-refractivity contribution < 1.29 is 4.42 Å². The van der Waals surface area contributed by atoms with Crippen LogP contribution in [0.25, 0.3) is 11.1 Å². The maximum atomic E-state index is 5.66. The second-order valence-corrected chi connectivity index (χ2v) is 5.36. The lowest BCUT2D eigenvalue weighted by molar-refractivity contribution is 0.623. The Hall–Kier alpha value is -3.41. The molecule has 0 aliphatic heterocycles. The highest BCUT2D eigenvalue weighted by Crippen LogP contribution is 2.23. The number of aryl methyl sites for hydroxylation is 1. The molecule has 0 atom stereocenters. The smallest absolute Gasteiger partial charge is 0.300 e. The first kappa shape index (κ1) is 14.2. The van der Waals surface area contributed by atoms with E-state index < -0.39 is 0 Å². The number of aromatic nitrogens is 3. The van der Waals surface area contributed by atoms with E-state index in [0.717, 1.165) is 34.0 Å². The van der Waals surface area contributed by atoms with Crippen LogP contribution < -0.4 is 10.6 Å². The van der Waals surface area contributed by atoms with E-state index in [4.69, 9.17) is 4.42 Å². The van der Waals surface area contributed by atoms with E-state index in [0.29, 0.717) is 6.01 Å². The van der Waals surface area contributed by atoms with Crippen LogP contribution in [0.15, 0.2) is 65.3 Å². The first-order valence-electron chi connectivity index (χ1n) is 7.55. The van der Waals surface area contributed by atoms with Crippen LogP contribution in [0.2, 0.25) is 0 Å². The minimum absolute atomic E-state index is 0.475. The van der Waals surface area contributed by atoms with Crippen LogP contribution in [0.5, 0.6) is 0 Å². The van der Waals surface area contributed by atoms with Gasteiger partial charge in [0.2, 0.25) is 0 Å². The van der Waals surface area contributed by atoms with E-state index in [2.05, 4.69) is 25.6 Å². The number of rotatable bonds is 4. The molecule has 4 aromatic rings. The Morgan fingerprint density at radius 2 is 1.62 bits per heavy atom. The second kappa shape index (κ2) is 6.00. The standard InChI is InChI=1S/C18H15N5O/c1-12-10-17(20-11-19-12)21-13-6-8-14(9-7-13)22-18-23-15-4-2-3-5-16(15)24-18/h2-11H,1H3,(H,22,23)(H,19,20,21). The van der Waals surface area contributed by atoms with Crippen molar-refractivity contribution >= 4 is 34.3 Å². The van der Waals surface area contributed by atoms with Gasteiger partial charge >= 0.3 is 0 Å². The molecular weight excluding hydrogens is 302 g/mol. The van der Waals surface area contributed by atoms with E-state index in [9.17, 15) is 0 Å². The zero-order chi connectivity index (χ0) is 16.4. The summed E-state index contributed by atoms with van der Waals surface area (Å²) in [6, 6.07) is 17.9. The minimum atomic E-state index is 0.475. The highest BCUT2D eigenvalue weighted by molar-refractivity contribution is 5.75. The monoisotopic (exact) mass is 317 g/mol. The molecule has 4 rings (SSSR count). The maximum absolute atomic E-state index is 5.66. The molecule has 0 aliphatic carbocycles. The third kappa shape index (κ3) is 3.03. The molecule has 2 N–H and O–H groups in total. The maximum Gasteiger partial charge on any atom is 0.300 e. The topological polar surface area (TPSA) is 75.9 Å². The van der Waals surface area contributed by atoms with Gasteiger partial charge in [-0.3, -0.25) is 0 Å². The third-order valence-electron chi connectivity index (χ3n) is 3.51. The predicted octanol–water partition coefficient (Wildman–Crippen LogP) is 4.41. The zero-order valence-electron chi connectivity index (χ0n) is 13.0. The van der Waals surface area contributed by atoms with Crippen LogP contribution >= 0.6 is 0 Å². The van der Waals surface area contributed by atoms with Gasteiger partial charge in [-0.15, -0.1) is 0 Å². The molecule has 0 unspecified atom stereocenters. The summed E-state index contributed by atoms with van der Waals surface area (Å²) in [6.07, 6.45) is 1.54. The predicted molar refractivity (Wildman–Crippen MR) is 93.8 cm³/mol. The molecule has 2 aromatic heterocycles. The molecule has 0 fully saturated rings. The summed E-state index contributed by atoms with van der Waals surface area (Å²) in [5.74, 6) is 0.766. The fourth-order valence-corrected chi connectivity index (χ4v) is 2.36. The molecular formula is C18H15N5O. The molecule has 6 nitrogen and oxygen atoms in total. The number of hydrogen-bond donors (Lipinski definition) is 2. The number of para-hydroxylation sites is 2. The van der Waals surface area contributed by atoms with Crippen molar-refractivity contribution in [2.45, 2.75) is 6.92 Å². The van der Waals surface area contributed by atoms with Gasteiger partial charge in [0.25, 0.3) is 6.01 Å². The van der Waals surface area contributed by atoms with Crippen molar-refractivity contribution in [2.75, 3.05) is 10.6 Å². The Morgan fingerprint density at radius 1 is 0.875 bits per heavy atom. The molecule has 2 aromatic carbocycles. The third-order valence-corrected chi connectivity index (χ3v) is 3.51. The summed E-state index contributed by atoms with van der Waals surface area (Å²) in [6.45, 7) is 1.93. The van der Waals surface area contributed by atoms with Crippen LogP contribution in [0.1, 0.15) is 5.69 Å². The summed E-state index contributed by atoms with van der Waals surface area (Å²) in [7, 11) is 0. The van der Waals surface area contributed by atoms with Crippen molar-refractivity contribution in [3.8, 4) is 0 Å². The van der Waals surface area contributed by atoms with Crippen molar-refractivity contribution in [1.82, 2.24) is 15.0 Å². The van der Waals surface area contributed by atoms with Gasteiger partial charge in [0.05, 0.1) is 0 Å². The summed E-state index contributed by atoms with van der Waals surface area (Å²) in [4.78, 5) is 12.7. The van der Waals surface area contributed by atoms with E-state index in [1.165, 1.54) is 0 Å². The first-order chi connectivity index (χ1) is 11.8. The van der Waals surface area contributed by atoms with Crippen LogP contribution in [0, 0.1) is 6.92 Å². The van der Waals surface area contributed by atoms with E-state index in [1.54, 1.807) is 6.33 Å². The quantitative estimate of drug-likeness (QED) is 0.580. The van der Waals surface area contributed by atoms with Gasteiger partial charge in [0.1, 0.15) is 17.7 Å². The Bertz CT molecular complexity index is 945. The van der Waals surface area contributed by atoms with Gasteiger partial charge in [-0.05, 0) is 43.3 Å². The number of hydrogen-bond acceptors (Lipinski definition) is 6. The Kier molecular flexibility index (Phi) is 3.55. The first-order valence-corrected chi connectivity index (χ1v) is 7.55. The number of anilines is 4. The molecule has 0 saturated carbocycles. The van der Waals surface area contributed by atoms with Crippen LogP contribution in [-0.2, 0) is 0 Å². The fourth-order valence-electron chi connectivity index (χ4n) is 2.36. The van der Waals surface area contributed by atoms with E-state index in [-0.39, 0.29) is 0 Å². The van der Waals surface area contributed by atoms with Gasteiger partial charge in [-0.1, -0.05) is 12.1 Å². The summed E-state index contributed by atoms with van der Waals surface area (Å²) >= 11 is 0. The molecule has 0 radical (unpaired) electrons. The number of nitrogens with zero attached hydrogens (tertiary/aromatic N) is 3. The van der Waals surface area contributed by atoms with Gasteiger partial charge in [-0.25, -0.2) is 9.97 Å². The van der Waals surface area contributed by atoms with E-state index in [1.807, 2.05) is 61.5 Å². The van der Waals surface area contributed by atoms with Crippen molar-refractivity contribution in [1.29, 1.82) is 0 Å². The van der Waals surface area contributed by atoms with Crippen LogP contribution in [0.4, 0.5) is 23.2 Å². The van der Waals surface area contributed by atoms with Gasteiger partial charge in [0.15, 0.2) is 5.58 Å². The average molecular weight is 317 g/mol. The molecule has 0 aliphatic rings. The lowest BCUT2D eigenvalue weighted by Gasteiger charge is -2.07. The highest BCUT2D eigenvalue weighted by atomic mass is 16.4. The number of benzene rings is 2. The molecule has 0 saturated heterocycles. The lowest BCUT2D eigenvalue weighted by atomic mass is 10.3. The number of fused-ring (bicyclic) bond motifs is 1. The van der Waals surface area contributed by atoms with Crippen molar-refractivity contribution in [3.63, 3.8) is 0 Å². The largest absolute Gasteiger partial charge is 0.423 e. The normalized spacial score (nSPS) is 10.7. The Labute approximate surface area is 138 Å². The SMILES string of the molecule is Cc1cc(Nc2ccc(Nc3nc4ccccc4o3)cc2)ncn1. The lowest BCUT2D eigenvalue weighted by Crippen LogP contribution is -1.96. The molecule has 24 heavy (non-hydrogen) atoms. The molecule has 6 heteroatoms. The molecule has 0 spiro atoms. The highest BCUT2D eigenvalue weighted by Gasteiger charge is 2.05.